The number of benzene rings is 2. The van der Waals surface area contributed by atoms with E-state index in [0.29, 0.717) is 11.3 Å². The fraction of sp³-hybridized carbons (Fsp3) is 0.231. The Balaban J connectivity index is 2.67. The molecule has 0 unspecified atom stereocenters. The predicted molar refractivity (Wildman–Crippen MR) is 62.5 cm³/mol. The molecule has 0 bridgehead atoms. The Kier molecular flexibility index (Phi) is 3.08. The van der Waals surface area contributed by atoms with Crippen LogP contribution in [0.2, 0.25) is 0 Å². The molecule has 0 heterocycles. The van der Waals surface area contributed by atoms with Crippen LogP contribution in [0.1, 0.15) is 11.7 Å². The van der Waals surface area contributed by atoms with Crippen molar-refractivity contribution in [2.24, 2.45) is 0 Å². The van der Waals surface area contributed by atoms with E-state index < -0.39 is 6.10 Å². The highest BCUT2D eigenvalue weighted by molar-refractivity contribution is 5.89. The van der Waals surface area contributed by atoms with Crippen molar-refractivity contribution in [2.45, 2.75) is 6.10 Å². The van der Waals surface area contributed by atoms with Crippen LogP contribution in [0, 0.1) is 0 Å². The van der Waals surface area contributed by atoms with Crippen molar-refractivity contribution in [1.29, 1.82) is 0 Å². The first kappa shape index (κ1) is 10.9. The summed E-state index contributed by atoms with van der Waals surface area (Å²) in [5.74, 6) is 0.625. The van der Waals surface area contributed by atoms with Gasteiger partial charge in [0.2, 0.25) is 0 Å². The summed E-state index contributed by atoms with van der Waals surface area (Å²) in [7, 11) is 1.56. The van der Waals surface area contributed by atoms with Gasteiger partial charge >= 0.3 is 0 Å². The molecule has 0 fully saturated rings. The summed E-state index contributed by atoms with van der Waals surface area (Å²) < 4.78 is 5.31. The van der Waals surface area contributed by atoms with E-state index >= 15 is 0 Å². The Hall–Kier alpha value is -1.58. The molecule has 16 heavy (non-hydrogen) atoms. The number of hydrogen-bond acceptors (Lipinski definition) is 3. The topological polar surface area (TPSA) is 49.7 Å². The standard InChI is InChI=1S/C13H14O3/c1-16-13-10-5-3-2-4-9(10)6-7-11(13)12(15)8-14/h2-7,12,14-15H,8H2,1H3/t12-/m1/s1. The Labute approximate surface area is 93.9 Å². The second-order valence-electron chi connectivity index (χ2n) is 3.61. The van der Waals surface area contributed by atoms with Gasteiger partial charge in [0.05, 0.1) is 13.7 Å². The van der Waals surface area contributed by atoms with E-state index in [0.717, 1.165) is 10.8 Å². The summed E-state index contributed by atoms with van der Waals surface area (Å²) in [6.45, 7) is -0.311. The molecule has 0 spiro atoms. The molecule has 1 atom stereocenters. The molecule has 0 aromatic heterocycles. The van der Waals surface area contributed by atoms with E-state index in [1.165, 1.54) is 0 Å². The highest BCUT2D eigenvalue weighted by atomic mass is 16.5. The van der Waals surface area contributed by atoms with Crippen molar-refractivity contribution < 1.29 is 14.9 Å². The summed E-state index contributed by atoms with van der Waals surface area (Å²) in [6.07, 6.45) is -0.903. The summed E-state index contributed by atoms with van der Waals surface area (Å²) in [5.41, 5.74) is 0.615. The fourth-order valence-electron chi connectivity index (χ4n) is 1.85. The van der Waals surface area contributed by atoms with Gasteiger partial charge in [-0.15, -0.1) is 0 Å². The minimum absolute atomic E-state index is 0.311. The van der Waals surface area contributed by atoms with Crippen molar-refractivity contribution >= 4 is 10.8 Å². The molecular weight excluding hydrogens is 204 g/mol. The van der Waals surface area contributed by atoms with E-state index in [9.17, 15) is 5.11 Å². The number of ether oxygens (including phenoxy) is 1. The van der Waals surface area contributed by atoms with Crippen LogP contribution in [0.4, 0.5) is 0 Å². The lowest BCUT2D eigenvalue weighted by atomic mass is 10.0. The summed E-state index contributed by atoms with van der Waals surface area (Å²) in [4.78, 5) is 0. The van der Waals surface area contributed by atoms with Crippen LogP contribution in [0.15, 0.2) is 36.4 Å². The van der Waals surface area contributed by atoms with Crippen LogP contribution in [0.5, 0.6) is 5.75 Å². The molecule has 2 aromatic carbocycles. The molecule has 0 saturated heterocycles. The van der Waals surface area contributed by atoms with Crippen LogP contribution < -0.4 is 4.74 Å². The molecule has 2 aromatic rings. The van der Waals surface area contributed by atoms with Crippen molar-refractivity contribution in [2.75, 3.05) is 13.7 Å². The van der Waals surface area contributed by atoms with Gasteiger partial charge in [0.15, 0.2) is 0 Å². The van der Waals surface area contributed by atoms with Crippen molar-refractivity contribution in [3.05, 3.63) is 42.0 Å². The Morgan fingerprint density at radius 2 is 1.94 bits per heavy atom. The first-order chi connectivity index (χ1) is 7.77. The van der Waals surface area contributed by atoms with Gasteiger partial charge in [-0.25, -0.2) is 0 Å². The zero-order valence-corrected chi connectivity index (χ0v) is 9.05. The first-order valence-corrected chi connectivity index (χ1v) is 5.12. The fourth-order valence-corrected chi connectivity index (χ4v) is 1.85. The maximum absolute atomic E-state index is 9.67. The summed E-state index contributed by atoms with van der Waals surface area (Å²) >= 11 is 0. The molecule has 0 aliphatic carbocycles. The van der Waals surface area contributed by atoms with Crippen LogP contribution in [0.3, 0.4) is 0 Å². The van der Waals surface area contributed by atoms with E-state index in [4.69, 9.17) is 9.84 Å². The lowest BCUT2D eigenvalue weighted by molar-refractivity contribution is 0.0935. The second kappa shape index (κ2) is 4.51. The van der Waals surface area contributed by atoms with E-state index in [1.807, 2.05) is 30.3 Å². The highest BCUT2D eigenvalue weighted by Crippen LogP contribution is 2.33. The minimum Gasteiger partial charge on any atom is -0.496 e. The smallest absolute Gasteiger partial charge is 0.132 e. The Bertz CT molecular complexity index is 494. The van der Waals surface area contributed by atoms with Crippen molar-refractivity contribution in [3.8, 4) is 5.75 Å². The molecule has 0 aliphatic rings. The predicted octanol–water partition coefficient (Wildman–Crippen LogP) is 1.87. The average Bonchev–Trinajstić information content (AvgIpc) is 2.36. The van der Waals surface area contributed by atoms with Crippen LogP contribution in [-0.2, 0) is 0 Å². The number of methoxy groups -OCH3 is 1. The third-order valence-corrected chi connectivity index (χ3v) is 2.65. The van der Waals surface area contributed by atoms with Crippen LogP contribution in [-0.4, -0.2) is 23.9 Å². The highest BCUT2D eigenvalue weighted by Gasteiger charge is 2.14. The lowest BCUT2D eigenvalue weighted by Gasteiger charge is -2.14. The number of hydrogen-bond donors (Lipinski definition) is 2. The number of rotatable bonds is 3. The molecule has 0 amide bonds. The van der Waals surface area contributed by atoms with Gasteiger partial charge in [-0.1, -0.05) is 36.4 Å². The molecule has 0 saturated carbocycles. The summed E-state index contributed by atoms with van der Waals surface area (Å²) in [5, 5.41) is 20.6. The molecular formula is C13H14O3. The largest absolute Gasteiger partial charge is 0.496 e. The minimum atomic E-state index is -0.903. The zero-order chi connectivity index (χ0) is 11.5. The van der Waals surface area contributed by atoms with E-state index in [-0.39, 0.29) is 6.61 Å². The van der Waals surface area contributed by atoms with Gasteiger partial charge in [-0.2, -0.15) is 0 Å². The Morgan fingerprint density at radius 1 is 1.19 bits per heavy atom. The van der Waals surface area contributed by atoms with Gasteiger partial charge in [0.1, 0.15) is 11.9 Å². The van der Waals surface area contributed by atoms with Gasteiger partial charge in [-0.3, -0.25) is 0 Å². The molecule has 0 radical (unpaired) electrons. The van der Waals surface area contributed by atoms with Gasteiger partial charge < -0.3 is 14.9 Å². The Morgan fingerprint density at radius 3 is 2.62 bits per heavy atom. The molecule has 3 heteroatoms. The first-order valence-electron chi connectivity index (χ1n) is 5.12. The maximum atomic E-state index is 9.67. The zero-order valence-electron chi connectivity index (χ0n) is 9.05. The summed E-state index contributed by atoms with van der Waals surface area (Å²) in [6, 6.07) is 11.5. The quantitative estimate of drug-likeness (QED) is 0.827. The van der Waals surface area contributed by atoms with Gasteiger partial charge in [0.25, 0.3) is 0 Å². The molecule has 84 valence electrons. The average molecular weight is 218 g/mol. The monoisotopic (exact) mass is 218 g/mol. The second-order valence-corrected chi connectivity index (χ2v) is 3.61. The molecule has 3 nitrogen and oxygen atoms in total. The number of aliphatic hydroxyl groups excluding tert-OH is 2. The molecule has 2 rings (SSSR count). The van der Waals surface area contributed by atoms with Crippen LogP contribution >= 0.6 is 0 Å². The van der Waals surface area contributed by atoms with Crippen molar-refractivity contribution in [1.82, 2.24) is 0 Å². The van der Waals surface area contributed by atoms with E-state index in [2.05, 4.69) is 0 Å². The molecule has 2 N–H and O–H groups in total. The van der Waals surface area contributed by atoms with Gasteiger partial charge in [0, 0.05) is 10.9 Å². The normalized spacial score (nSPS) is 12.7. The van der Waals surface area contributed by atoms with Gasteiger partial charge in [-0.05, 0) is 5.39 Å². The maximum Gasteiger partial charge on any atom is 0.132 e. The third kappa shape index (κ3) is 1.75. The van der Waals surface area contributed by atoms with Crippen LogP contribution in [0.25, 0.3) is 10.8 Å². The number of aliphatic hydroxyl groups is 2. The lowest BCUT2D eigenvalue weighted by Crippen LogP contribution is -2.05. The van der Waals surface area contributed by atoms with Crippen molar-refractivity contribution in [3.63, 3.8) is 0 Å². The third-order valence-electron chi connectivity index (χ3n) is 2.65. The van der Waals surface area contributed by atoms with E-state index in [1.54, 1.807) is 13.2 Å². The molecule has 0 aliphatic heterocycles. The number of fused-ring (bicyclic) bond motifs is 1. The SMILES string of the molecule is COc1c([C@H](O)CO)ccc2ccccc12.